The summed E-state index contributed by atoms with van der Waals surface area (Å²) in [4.78, 5) is 17.1. The summed E-state index contributed by atoms with van der Waals surface area (Å²) in [5.41, 5.74) is 2.63. The van der Waals surface area contributed by atoms with Crippen molar-refractivity contribution in [2.75, 3.05) is 50.7 Å². The lowest BCUT2D eigenvalue weighted by molar-refractivity contribution is -0.122. The Morgan fingerprint density at radius 2 is 1.96 bits per heavy atom. The zero-order chi connectivity index (χ0) is 17.6. The Labute approximate surface area is 176 Å². The molecule has 27 heavy (non-hydrogen) atoms. The predicted octanol–water partition coefficient (Wildman–Crippen LogP) is 2.46. The number of benzene rings is 1. The molecule has 0 bridgehead atoms. The highest BCUT2D eigenvalue weighted by molar-refractivity contribution is 5.85. The molecule has 2 unspecified atom stereocenters. The molecule has 2 heterocycles. The van der Waals surface area contributed by atoms with E-state index in [2.05, 4.69) is 58.5 Å². The lowest BCUT2D eigenvalue weighted by Gasteiger charge is -2.36. The summed E-state index contributed by atoms with van der Waals surface area (Å²) in [5, 5.41) is 6.61. The van der Waals surface area contributed by atoms with Gasteiger partial charge in [-0.25, -0.2) is 0 Å². The fourth-order valence-electron chi connectivity index (χ4n) is 3.82. The van der Waals surface area contributed by atoms with Crippen molar-refractivity contribution in [2.45, 2.75) is 32.7 Å². The van der Waals surface area contributed by atoms with Crippen LogP contribution in [0.3, 0.4) is 0 Å². The summed E-state index contributed by atoms with van der Waals surface area (Å²) in [7, 11) is 0. The number of piperidine rings is 1. The van der Waals surface area contributed by atoms with Crippen LogP contribution in [-0.4, -0.2) is 62.7 Å². The van der Waals surface area contributed by atoms with E-state index < -0.39 is 0 Å². The monoisotopic (exact) mass is 416 g/mol. The van der Waals surface area contributed by atoms with Gasteiger partial charge in [0.15, 0.2) is 0 Å². The molecule has 0 radical (unpaired) electrons. The van der Waals surface area contributed by atoms with Crippen LogP contribution in [0.2, 0.25) is 0 Å². The maximum absolute atomic E-state index is 12.3. The first-order valence-electron chi connectivity index (χ1n) is 9.66. The van der Waals surface area contributed by atoms with Crippen LogP contribution in [-0.2, 0) is 4.79 Å². The zero-order valence-electron chi connectivity index (χ0n) is 16.4. The van der Waals surface area contributed by atoms with E-state index >= 15 is 0 Å². The van der Waals surface area contributed by atoms with Gasteiger partial charge in [0.25, 0.3) is 0 Å². The molecule has 1 aromatic rings. The molecule has 1 aromatic carbocycles. The van der Waals surface area contributed by atoms with Crippen LogP contribution in [0, 0.1) is 12.8 Å². The second-order valence-corrected chi connectivity index (χ2v) is 7.56. The molecular formula is C20H34Cl2N4O. The van der Waals surface area contributed by atoms with E-state index in [-0.39, 0.29) is 30.7 Å². The minimum atomic E-state index is 0. The van der Waals surface area contributed by atoms with E-state index in [0.717, 1.165) is 52.2 Å². The van der Waals surface area contributed by atoms with Gasteiger partial charge in [0.05, 0.1) is 0 Å². The Bertz CT molecular complexity index is 579. The lowest BCUT2D eigenvalue weighted by Crippen LogP contribution is -2.50. The summed E-state index contributed by atoms with van der Waals surface area (Å²) >= 11 is 0. The molecule has 0 aromatic heterocycles. The fraction of sp³-hybridized carbons (Fsp3) is 0.650. The summed E-state index contributed by atoms with van der Waals surface area (Å²) in [6.45, 7) is 11.4. The first-order valence-corrected chi connectivity index (χ1v) is 9.66. The van der Waals surface area contributed by atoms with Gasteiger partial charge in [-0.1, -0.05) is 19.1 Å². The van der Waals surface area contributed by atoms with Gasteiger partial charge in [-0.3, -0.25) is 9.69 Å². The van der Waals surface area contributed by atoms with Gasteiger partial charge in [0.2, 0.25) is 5.91 Å². The highest BCUT2D eigenvalue weighted by Crippen LogP contribution is 2.18. The molecule has 2 N–H and O–H groups in total. The number of anilines is 1. The van der Waals surface area contributed by atoms with Crippen LogP contribution in [0.4, 0.5) is 5.69 Å². The molecule has 2 aliphatic rings. The van der Waals surface area contributed by atoms with Crippen molar-refractivity contribution in [1.82, 2.24) is 15.5 Å². The molecule has 7 heteroatoms. The standard InChI is InChI=1S/C20H32N4O.2ClH/c1-16-4-3-5-18(14-16)24-12-10-23(11-13-24)9-7-20(25)22-19-6-8-21-15-17(19)2;;/h3-5,14,17,19,21H,6-13,15H2,1-2H3,(H,22,25);2*1H. The van der Waals surface area contributed by atoms with Crippen molar-refractivity contribution >= 4 is 36.4 Å². The highest BCUT2D eigenvalue weighted by Gasteiger charge is 2.23. The van der Waals surface area contributed by atoms with Crippen molar-refractivity contribution in [3.05, 3.63) is 29.8 Å². The van der Waals surface area contributed by atoms with Crippen molar-refractivity contribution in [2.24, 2.45) is 5.92 Å². The van der Waals surface area contributed by atoms with Crippen molar-refractivity contribution in [3.63, 3.8) is 0 Å². The molecule has 154 valence electrons. The number of carbonyl (C=O) groups excluding carboxylic acids is 1. The third-order valence-corrected chi connectivity index (χ3v) is 5.53. The molecular weight excluding hydrogens is 383 g/mol. The molecule has 0 saturated carbocycles. The quantitative estimate of drug-likeness (QED) is 0.773. The van der Waals surface area contributed by atoms with Crippen LogP contribution >= 0.6 is 24.8 Å². The molecule has 5 nitrogen and oxygen atoms in total. The molecule has 2 saturated heterocycles. The van der Waals surface area contributed by atoms with Gasteiger partial charge in [-0.05, 0) is 50.0 Å². The Balaban J connectivity index is 0.00000182. The van der Waals surface area contributed by atoms with Crippen molar-refractivity contribution in [3.8, 4) is 0 Å². The average molecular weight is 417 g/mol. The minimum Gasteiger partial charge on any atom is -0.369 e. The number of piperazine rings is 1. The van der Waals surface area contributed by atoms with Crippen LogP contribution < -0.4 is 15.5 Å². The summed E-state index contributed by atoms with van der Waals surface area (Å²) in [5.74, 6) is 0.732. The first kappa shape index (κ1) is 24.0. The van der Waals surface area contributed by atoms with Gasteiger partial charge in [-0.2, -0.15) is 0 Å². The van der Waals surface area contributed by atoms with Gasteiger partial charge in [-0.15, -0.1) is 24.8 Å². The number of rotatable bonds is 5. The number of amides is 1. The van der Waals surface area contributed by atoms with E-state index in [4.69, 9.17) is 0 Å². The second kappa shape index (κ2) is 11.7. The number of aryl methyl sites for hydroxylation is 1. The van der Waals surface area contributed by atoms with E-state index in [1.165, 1.54) is 11.3 Å². The number of nitrogens with zero attached hydrogens (tertiary/aromatic N) is 2. The predicted molar refractivity (Wildman–Crippen MR) is 118 cm³/mol. The van der Waals surface area contributed by atoms with Crippen LogP contribution in [0.5, 0.6) is 0 Å². The maximum Gasteiger partial charge on any atom is 0.221 e. The van der Waals surface area contributed by atoms with E-state index in [1.54, 1.807) is 0 Å². The molecule has 0 spiro atoms. The Hall–Kier alpha value is -1.01. The topological polar surface area (TPSA) is 47.6 Å². The molecule has 2 aliphatic heterocycles. The number of hydrogen-bond donors (Lipinski definition) is 2. The number of halogens is 2. The Kier molecular flexibility index (Phi) is 10.5. The molecule has 2 fully saturated rings. The first-order chi connectivity index (χ1) is 12.1. The van der Waals surface area contributed by atoms with E-state index in [1.807, 2.05) is 0 Å². The minimum absolute atomic E-state index is 0. The summed E-state index contributed by atoms with van der Waals surface area (Å²) in [6.07, 6.45) is 1.66. The SMILES string of the molecule is Cc1cccc(N2CCN(CCC(=O)NC3CCNCC3C)CC2)c1.Cl.Cl. The molecule has 0 aliphatic carbocycles. The highest BCUT2D eigenvalue weighted by atomic mass is 35.5. The van der Waals surface area contributed by atoms with Gasteiger partial charge >= 0.3 is 0 Å². The molecule has 2 atom stereocenters. The van der Waals surface area contributed by atoms with E-state index in [0.29, 0.717) is 18.4 Å². The smallest absolute Gasteiger partial charge is 0.221 e. The third kappa shape index (κ3) is 7.15. The van der Waals surface area contributed by atoms with Crippen LogP contribution in [0.25, 0.3) is 0 Å². The molecule has 1 amide bonds. The Morgan fingerprint density at radius 1 is 1.22 bits per heavy atom. The average Bonchev–Trinajstić information content (AvgIpc) is 2.62. The number of nitrogens with one attached hydrogen (secondary N) is 2. The summed E-state index contributed by atoms with van der Waals surface area (Å²) in [6, 6.07) is 9.05. The van der Waals surface area contributed by atoms with Gasteiger partial charge < -0.3 is 15.5 Å². The second-order valence-electron chi connectivity index (χ2n) is 7.56. The van der Waals surface area contributed by atoms with Crippen LogP contribution in [0.1, 0.15) is 25.3 Å². The third-order valence-electron chi connectivity index (χ3n) is 5.53. The summed E-state index contributed by atoms with van der Waals surface area (Å²) < 4.78 is 0. The van der Waals surface area contributed by atoms with Crippen molar-refractivity contribution < 1.29 is 4.79 Å². The number of carbonyl (C=O) groups is 1. The Morgan fingerprint density at radius 3 is 2.63 bits per heavy atom. The van der Waals surface area contributed by atoms with Crippen LogP contribution in [0.15, 0.2) is 24.3 Å². The maximum atomic E-state index is 12.3. The normalized spacial score (nSPS) is 23.1. The van der Waals surface area contributed by atoms with Crippen molar-refractivity contribution in [1.29, 1.82) is 0 Å². The van der Waals surface area contributed by atoms with Gasteiger partial charge in [0.1, 0.15) is 0 Å². The zero-order valence-corrected chi connectivity index (χ0v) is 18.1. The largest absolute Gasteiger partial charge is 0.369 e. The number of hydrogen-bond acceptors (Lipinski definition) is 4. The van der Waals surface area contributed by atoms with Gasteiger partial charge in [0, 0.05) is 50.9 Å². The fourth-order valence-corrected chi connectivity index (χ4v) is 3.82. The molecule has 3 rings (SSSR count). The lowest BCUT2D eigenvalue weighted by atomic mass is 9.95. The van der Waals surface area contributed by atoms with E-state index in [9.17, 15) is 4.79 Å².